The Balaban J connectivity index is 1.87. The molecule has 0 aliphatic carbocycles. The highest BCUT2D eigenvalue weighted by molar-refractivity contribution is 5.94. The molecule has 5 heteroatoms. The summed E-state index contributed by atoms with van der Waals surface area (Å²) in [7, 11) is 0. The van der Waals surface area contributed by atoms with Gasteiger partial charge in [0, 0.05) is 19.2 Å². The number of nitrogens with zero attached hydrogens (tertiary/aromatic N) is 2. The molecule has 84 valence electrons. The van der Waals surface area contributed by atoms with Gasteiger partial charge >= 0.3 is 0 Å². The first-order chi connectivity index (χ1) is 7.75. The SMILES string of the molecule is O=C(CN1CCCC1=O)Nc1ccccn1. The fraction of sp³-hybridized carbons (Fsp3) is 0.364. The van der Waals surface area contributed by atoms with E-state index >= 15 is 0 Å². The molecule has 0 radical (unpaired) electrons. The van der Waals surface area contributed by atoms with Gasteiger partial charge < -0.3 is 10.2 Å². The lowest BCUT2D eigenvalue weighted by Gasteiger charge is -2.14. The molecule has 1 N–H and O–H groups in total. The van der Waals surface area contributed by atoms with Crippen molar-refractivity contribution in [3.8, 4) is 0 Å². The summed E-state index contributed by atoms with van der Waals surface area (Å²) in [5.41, 5.74) is 0. The van der Waals surface area contributed by atoms with Crippen molar-refractivity contribution in [3.63, 3.8) is 0 Å². The molecule has 1 aromatic heterocycles. The van der Waals surface area contributed by atoms with Crippen molar-refractivity contribution in [2.24, 2.45) is 0 Å². The third-order valence-corrected chi connectivity index (χ3v) is 2.44. The summed E-state index contributed by atoms with van der Waals surface area (Å²) in [6.45, 7) is 0.796. The predicted octanol–water partition coefficient (Wildman–Crippen LogP) is 0.642. The number of carbonyl (C=O) groups excluding carboxylic acids is 2. The van der Waals surface area contributed by atoms with Gasteiger partial charge in [0.15, 0.2) is 0 Å². The smallest absolute Gasteiger partial charge is 0.245 e. The molecule has 0 unspecified atom stereocenters. The van der Waals surface area contributed by atoms with Crippen LogP contribution in [0.1, 0.15) is 12.8 Å². The molecule has 0 bridgehead atoms. The number of nitrogens with one attached hydrogen (secondary N) is 1. The largest absolute Gasteiger partial charge is 0.333 e. The summed E-state index contributed by atoms with van der Waals surface area (Å²) in [5, 5.41) is 2.65. The molecule has 2 rings (SSSR count). The average molecular weight is 219 g/mol. The molecule has 1 fully saturated rings. The molecule has 1 aliphatic rings. The van der Waals surface area contributed by atoms with Crippen molar-refractivity contribution >= 4 is 17.6 Å². The van der Waals surface area contributed by atoms with E-state index in [0.29, 0.717) is 18.8 Å². The van der Waals surface area contributed by atoms with E-state index in [-0.39, 0.29) is 18.4 Å². The Kier molecular flexibility index (Phi) is 3.14. The van der Waals surface area contributed by atoms with E-state index in [1.165, 1.54) is 0 Å². The minimum Gasteiger partial charge on any atom is -0.333 e. The summed E-state index contributed by atoms with van der Waals surface area (Å²) in [4.78, 5) is 28.4. The number of likely N-dealkylation sites (tertiary alicyclic amines) is 1. The number of rotatable bonds is 3. The third kappa shape index (κ3) is 2.56. The molecule has 2 amide bonds. The second-order valence-electron chi connectivity index (χ2n) is 3.68. The summed E-state index contributed by atoms with van der Waals surface area (Å²) >= 11 is 0. The van der Waals surface area contributed by atoms with Crippen molar-refractivity contribution in [1.29, 1.82) is 0 Å². The maximum atomic E-state index is 11.6. The van der Waals surface area contributed by atoms with Gasteiger partial charge in [-0.2, -0.15) is 0 Å². The van der Waals surface area contributed by atoms with Gasteiger partial charge in [-0.3, -0.25) is 9.59 Å². The lowest BCUT2D eigenvalue weighted by molar-refractivity contribution is -0.131. The number of carbonyl (C=O) groups is 2. The lowest BCUT2D eigenvalue weighted by Crippen LogP contribution is -2.34. The molecule has 0 saturated carbocycles. The molecular weight excluding hydrogens is 206 g/mol. The first-order valence-corrected chi connectivity index (χ1v) is 5.24. The highest BCUT2D eigenvalue weighted by Gasteiger charge is 2.22. The summed E-state index contributed by atoms with van der Waals surface area (Å²) in [6, 6.07) is 5.28. The molecule has 0 atom stereocenters. The van der Waals surface area contributed by atoms with Crippen LogP contribution in [-0.2, 0) is 9.59 Å². The van der Waals surface area contributed by atoms with E-state index in [1.807, 2.05) is 0 Å². The van der Waals surface area contributed by atoms with Crippen molar-refractivity contribution in [2.45, 2.75) is 12.8 Å². The second kappa shape index (κ2) is 4.74. The quantitative estimate of drug-likeness (QED) is 0.811. The molecular formula is C11H13N3O2. The minimum atomic E-state index is -0.200. The number of anilines is 1. The number of pyridine rings is 1. The van der Waals surface area contributed by atoms with Crippen LogP contribution in [0.5, 0.6) is 0 Å². The Morgan fingerprint density at radius 1 is 1.50 bits per heavy atom. The molecule has 1 aliphatic heterocycles. The summed E-state index contributed by atoms with van der Waals surface area (Å²) in [6.07, 6.45) is 3.00. The Bertz CT molecular complexity index is 391. The van der Waals surface area contributed by atoms with Gasteiger partial charge in [0.25, 0.3) is 0 Å². The normalized spacial score (nSPS) is 15.2. The summed E-state index contributed by atoms with van der Waals surface area (Å²) < 4.78 is 0. The molecule has 0 spiro atoms. The number of amides is 2. The zero-order chi connectivity index (χ0) is 11.4. The Hall–Kier alpha value is -1.91. The van der Waals surface area contributed by atoms with E-state index in [0.717, 1.165) is 6.42 Å². The van der Waals surface area contributed by atoms with E-state index in [1.54, 1.807) is 29.3 Å². The molecule has 0 aromatic carbocycles. The predicted molar refractivity (Wildman–Crippen MR) is 58.7 cm³/mol. The maximum absolute atomic E-state index is 11.6. The highest BCUT2D eigenvalue weighted by atomic mass is 16.2. The fourth-order valence-corrected chi connectivity index (χ4v) is 1.66. The van der Waals surface area contributed by atoms with E-state index in [9.17, 15) is 9.59 Å². The molecule has 1 aromatic rings. The van der Waals surface area contributed by atoms with Crippen LogP contribution in [0.4, 0.5) is 5.82 Å². The van der Waals surface area contributed by atoms with Crippen LogP contribution >= 0.6 is 0 Å². The summed E-state index contributed by atoms with van der Waals surface area (Å²) in [5.74, 6) is 0.365. The van der Waals surface area contributed by atoms with Crippen LogP contribution in [-0.4, -0.2) is 34.8 Å². The fourth-order valence-electron chi connectivity index (χ4n) is 1.66. The zero-order valence-corrected chi connectivity index (χ0v) is 8.85. The van der Waals surface area contributed by atoms with Crippen LogP contribution in [0.2, 0.25) is 0 Å². The van der Waals surface area contributed by atoms with Crippen LogP contribution < -0.4 is 5.32 Å². The van der Waals surface area contributed by atoms with Gasteiger partial charge in [-0.25, -0.2) is 4.98 Å². The average Bonchev–Trinajstić information content (AvgIpc) is 2.66. The van der Waals surface area contributed by atoms with Crippen molar-refractivity contribution in [1.82, 2.24) is 9.88 Å². The van der Waals surface area contributed by atoms with Gasteiger partial charge in [-0.1, -0.05) is 6.07 Å². The first kappa shape index (κ1) is 10.6. The van der Waals surface area contributed by atoms with Crippen LogP contribution in [0.3, 0.4) is 0 Å². The van der Waals surface area contributed by atoms with Gasteiger partial charge in [-0.15, -0.1) is 0 Å². The number of hydrogen-bond donors (Lipinski definition) is 1. The first-order valence-electron chi connectivity index (χ1n) is 5.24. The van der Waals surface area contributed by atoms with E-state index in [2.05, 4.69) is 10.3 Å². The molecule has 5 nitrogen and oxygen atoms in total. The minimum absolute atomic E-state index is 0.0520. The molecule has 1 saturated heterocycles. The number of hydrogen-bond acceptors (Lipinski definition) is 3. The standard InChI is InChI=1S/C11H13N3O2/c15-10(8-14-7-3-5-11(14)16)13-9-4-1-2-6-12-9/h1-2,4,6H,3,5,7-8H2,(H,12,13,15). The van der Waals surface area contributed by atoms with Crippen LogP contribution in [0, 0.1) is 0 Å². The van der Waals surface area contributed by atoms with Crippen LogP contribution in [0.15, 0.2) is 24.4 Å². The number of aromatic nitrogens is 1. The molecule has 16 heavy (non-hydrogen) atoms. The topological polar surface area (TPSA) is 62.3 Å². The lowest BCUT2D eigenvalue weighted by atomic mass is 10.4. The van der Waals surface area contributed by atoms with Crippen LogP contribution in [0.25, 0.3) is 0 Å². The highest BCUT2D eigenvalue weighted by Crippen LogP contribution is 2.09. The van der Waals surface area contributed by atoms with Gasteiger partial charge in [-0.05, 0) is 18.6 Å². The van der Waals surface area contributed by atoms with Crippen molar-refractivity contribution in [2.75, 3.05) is 18.4 Å². The van der Waals surface area contributed by atoms with Gasteiger partial charge in [0.1, 0.15) is 5.82 Å². The Morgan fingerprint density at radius 2 is 2.38 bits per heavy atom. The van der Waals surface area contributed by atoms with Gasteiger partial charge in [0.05, 0.1) is 6.54 Å². The van der Waals surface area contributed by atoms with Crippen molar-refractivity contribution in [3.05, 3.63) is 24.4 Å². The Morgan fingerprint density at radius 3 is 3.00 bits per heavy atom. The van der Waals surface area contributed by atoms with Crippen molar-refractivity contribution < 1.29 is 9.59 Å². The van der Waals surface area contributed by atoms with E-state index in [4.69, 9.17) is 0 Å². The monoisotopic (exact) mass is 219 g/mol. The second-order valence-corrected chi connectivity index (χ2v) is 3.68. The zero-order valence-electron chi connectivity index (χ0n) is 8.85. The maximum Gasteiger partial charge on any atom is 0.245 e. The van der Waals surface area contributed by atoms with Gasteiger partial charge in [0.2, 0.25) is 11.8 Å². The third-order valence-electron chi connectivity index (χ3n) is 2.44. The molecule has 2 heterocycles. The van der Waals surface area contributed by atoms with E-state index < -0.39 is 0 Å². The Labute approximate surface area is 93.5 Å².